The van der Waals surface area contributed by atoms with Gasteiger partial charge >= 0.3 is 4.87 Å². The molecule has 4 heterocycles. The van der Waals surface area contributed by atoms with Gasteiger partial charge in [-0.15, -0.1) is 11.8 Å². The first-order chi connectivity index (χ1) is 18.6. The van der Waals surface area contributed by atoms with Crippen molar-refractivity contribution in [2.45, 2.75) is 68.1 Å². The Balaban J connectivity index is 1.21. The summed E-state index contributed by atoms with van der Waals surface area (Å²) in [5.41, 5.74) is 2.47. The number of likely N-dealkylation sites (tertiary alicyclic amines) is 2. The number of nitrogens with one attached hydrogen (secondary N) is 1. The van der Waals surface area contributed by atoms with Crippen LogP contribution in [0.5, 0.6) is 0 Å². The Hall–Kier alpha value is -2.39. The molecule has 2 aliphatic carbocycles. The minimum absolute atomic E-state index is 0.0205. The summed E-state index contributed by atoms with van der Waals surface area (Å²) in [5.74, 6) is -0.766. The molecule has 7 atom stereocenters. The zero-order valence-electron chi connectivity index (χ0n) is 22.6. The molecule has 2 bridgehead atoms. The van der Waals surface area contributed by atoms with E-state index < -0.39 is 0 Å². The molecule has 3 amide bonds. The molecule has 9 heteroatoms. The zero-order valence-corrected chi connectivity index (χ0v) is 24.3. The number of thioether (sulfide) groups is 1. The lowest BCUT2D eigenvalue weighted by atomic mass is 9.68. The number of carbonyl (C=O) groups is 3. The fraction of sp³-hybridized carbons (Fsp3) is 0.600. The van der Waals surface area contributed by atoms with Gasteiger partial charge in [-0.2, -0.15) is 0 Å². The third kappa shape index (κ3) is 3.90. The predicted molar refractivity (Wildman–Crippen MR) is 151 cm³/mol. The Labute approximate surface area is 236 Å². The summed E-state index contributed by atoms with van der Waals surface area (Å²) < 4.78 is 0. The van der Waals surface area contributed by atoms with Crippen molar-refractivity contribution in [1.29, 1.82) is 0 Å². The lowest BCUT2D eigenvalue weighted by Crippen LogP contribution is -2.45. The normalized spacial score (nSPS) is 33.4. The molecular weight excluding hydrogens is 530 g/mol. The summed E-state index contributed by atoms with van der Waals surface area (Å²) in [4.78, 5) is 60.2. The van der Waals surface area contributed by atoms with E-state index in [1.807, 2.05) is 4.90 Å². The highest BCUT2D eigenvalue weighted by molar-refractivity contribution is 8.00. The molecule has 1 N–H and O–H groups in total. The molecule has 206 valence electrons. The van der Waals surface area contributed by atoms with Gasteiger partial charge in [0.25, 0.3) is 0 Å². The van der Waals surface area contributed by atoms with Gasteiger partial charge in [-0.3, -0.25) is 24.1 Å². The molecule has 0 spiro atoms. The van der Waals surface area contributed by atoms with E-state index in [2.05, 4.69) is 50.0 Å². The topological polar surface area (TPSA) is 90.6 Å². The van der Waals surface area contributed by atoms with E-state index in [0.29, 0.717) is 13.1 Å². The zero-order chi connectivity index (χ0) is 27.2. The molecule has 2 saturated heterocycles. The lowest BCUT2D eigenvalue weighted by Gasteiger charge is -2.43. The second-order valence-electron chi connectivity index (χ2n) is 13.0. The first kappa shape index (κ1) is 25.6. The highest BCUT2D eigenvalue weighted by atomic mass is 32.2. The highest BCUT2D eigenvalue weighted by Crippen LogP contribution is 2.68. The number of piperidine rings is 1. The van der Waals surface area contributed by atoms with Gasteiger partial charge in [0.1, 0.15) is 6.54 Å². The van der Waals surface area contributed by atoms with E-state index in [9.17, 15) is 19.2 Å². The van der Waals surface area contributed by atoms with Crippen molar-refractivity contribution in [3.05, 3.63) is 49.9 Å². The number of rotatable bonds is 3. The number of aromatic amines is 1. The third-order valence-corrected chi connectivity index (χ3v) is 12.5. The second-order valence-corrected chi connectivity index (χ2v) is 15.2. The molecule has 0 radical (unpaired) electrons. The highest BCUT2D eigenvalue weighted by Gasteiger charge is 2.69. The van der Waals surface area contributed by atoms with E-state index in [-0.39, 0.29) is 75.3 Å². The minimum atomic E-state index is -0.355. The van der Waals surface area contributed by atoms with Crippen LogP contribution >= 0.6 is 23.1 Å². The molecule has 7 nitrogen and oxygen atoms in total. The largest absolute Gasteiger partial charge is 0.341 e. The van der Waals surface area contributed by atoms with E-state index in [1.54, 1.807) is 11.8 Å². The van der Waals surface area contributed by atoms with Crippen LogP contribution in [0.2, 0.25) is 0 Å². The molecule has 3 aliphatic heterocycles. The first-order valence-electron chi connectivity index (χ1n) is 14.3. The van der Waals surface area contributed by atoms with Crippen molar-refractivity contribution < 1.29 is 14.4 Å². The Morgan fingerprint density at radius 3 is 2.31 bits per heavy atom. The van der Waals surface area contributed by atoms with Gasteiger partial charge in [-0.25, -0.2) is 0 Å². The van der Waals surface area contributed by atoms with Crippen LogP contribution in [-0.4, -0.2) is 57.4 Å². The average Bonchev–Trinajstić information content (AvgIpc) is 3.64. The predicted octanol–water partition coefficient (Wildman–Crippen LogP) is 4.22. The number of hydrogen-bond donors (Lipinski definition) is 1. The van der Waals surface area contributed by atoms with Crippen LogP contribution in [0.15, 0.2) is 34.1 Å². The number of thiazole rings is 1. The third-order valence-electron chi connectivity index (χ3n) is 9.95. The average molecular weight is 566 g/mol. The summed E-state index contributed by atoms with van der Waals surface area (Å²) in [7, 11) is 0. The van der Waals surface area contributed by atoms with Crippen molar-refractivity contribution in [1.82, 2.24) is 14.8 Å². The molecule has 1 aromatic carbocycles. The maximum absolute atomic E-state index is 13.8. The molecule has 5 aliphatic rings. The summed E-state index contributed by atoms with van der Waals surface area (Å²) in [6.45, 7) is 7.91. The van der Waals surface area contributed by atoms with Crippen LogP contribution in [0.25, 0.3) is 0 Å². The Morgan fingerprint density at radius 2 is 1.64 bits per heavy atom. The number of imide groups is 1. The maximum Gasteiger partial charge on any atom is 0.305 e. The number of fused-ring (bicyclic) bond motifs is 9. The fourth-order valence-electron chi connectivity index (χ4n) is 8.18. The van der Waals surface area contributed by atoms with Crippen LogP contribution < -0.4 is 4.87 Å². The van der Waals surface area contributed by atoms with Gasteiger partial charge in [0.15, 0.2) is 0 Å². The Bertz CT molecular complexity index is 1400. The maximum atomic E-state index is 13.8. The quantitative estimate of drug-likeness (QED) is 0.563. The van der Waals surface area contributed by atoms with Gasteiger partial charge in [0.2, 0.25) is 17.7 Å². The van der Waals surface area contributed by atoms with E-state index in [4.69, 9.17) is 0 Å². The molecule has 7 unspecified atom stereocenters. The molecule has 4 fully saturated rings. The number of nitrogens with zero attached hydrogens (tertiary/aromatic N) is 2. The Kier molecular flexibility index (Phi) is 5.94. The number of benzene rings is 1. The van der Waals surface area contributed by atoms with Gasteiger partial charge in [0, 0.05) is 29.1 Å². The Morgan fingerprint density at radius 1 is 0.974 bits per heavy atom. The number of aromatic nitrogens is 1. The van der Waals surface area contributed by atoms with Crippen LogP contribution in [0.3, 0.4) is 0 Å². The van der Waals surface area contributed by atoms with Gasteiger partial charge in [0.05, 0.1) is 16.9 Å². The van der Waals surface area contributed by atoms with E-state index in [0.717, 1.165) is 35.6 Å². The van der Waals surface area contributed by atoms with Gasteiger partial charge in [-0.1, -0.05) is 56.4 Å². The smallest absolute Gasteiger partial charge is 0.305 e. The minimum Gasteiger partial charge on any atom is -0.341 e. The van der Waals surface area contributed by atoms with Crippen molar-refractivity contribution in [3.8, 4) is 0 Å². The molecule has 2 saturated carbocycles. The van der Waals surface area contributed by atoms with Crippen molar-refractivity contribution in [2.24, 2.45) is 29.6 Å². The van der Waals surface area contributed by atoms with Crippen LogP contribution in [0.1, 0.15) is 68.4 Å². The summed E-state index contributed by atoms with van der Waals surface area (Å²) in [6, 6.07) is 8.77. The lowest BCUT2D eigenvalue weighted by molar-refractivity contribution is -0.147. The van der Waals surface area contributed by atoms with E-state index in [1.165, 1.54) is 27.4 Å². The van der Waals surface area contributed by atoms with E-state index >= 15 is 0 Å². The number of carbonyl (C=O) groups excluding carboxylic acids is 3. The summed E-state index contributed by atoms with van der Waals surface area (Å²) in [6.07, 6.45) is 3.94. The number of hydrogen-bond acceptors (Lipinski definition) is 6. The SMILES string of the molecule is CC(C)(C)c1ccc(C2c3sc(=O)[nH]c3SC3C4CC(C5C(=O)N(CC(=O)N6CCCCC6)C(=O)C45)C23)cc1. The number of amides is 3. The first-order valence-corrected chi connectivity index (χ1v) is 16.0. The van der Waals surface area contributed by atoms with Crippen LogP contribution in [-0.2, 0) is 19.8 Å². The van der Waals surface area contributed by atoms with Crippen LogP contribution in [0.4, 0.5) is 0 Å². The second kappa shape index (κ2) is 9.06. The fourth-order valence-corrected chi connectivity index (χ4v) is 11.1. The summed E-state index contributed by atoms with van der Waals surface area (Å²) >= 11 is 2.99. The monoisotopic (exact) mass is 565 g/mol. The van der Waals surface area contributed by atoms with Crippen molar-refractivity contribution >= 4 is 40.8 Å². The van der Waals surface area contributed by atoms with Gasteiger partial charge < -0.3 is 9.88 Å². The van der Waals surface area contributed by atoms with Crippen LogP contribution in [0, 0.1) is 29.6 Å². The standard InChI is InChI=1S/C30H35N3O4S2/c1-30(2,3)16-9-7-15(8-10-16)20-21-17-13-18(24(21)38-26-25(20)39-29(37)31-26)23-22(17)27(35)33(28(23)36)14-19(34)32-11-5-4-6-12-32/h7-10,17-18,20-24H,4-6,11-14H2,1-3H3,(H,31,37). The number of H-pyrrole nitrogens is 1. The molecule has 39 heavy (non-hydrogen) atoms. The summed E-state index contributed by atoms with van der Waals surface area (Å²) in [5, 5.41) is 1.09. The molecule has 1 aromatic heterocycles. The van der Waals surface area contributed by atoms with Crippen molar-refractivity contribution in [2.75, 3.05) is 19.6 Å². The molecule has 7 rings (SSSR count). The van der Waals surface area contributed by atoms with Gasteiger partial charge in [-0.05, 0) is 60.0 Å². The molecule has 2 aromatic rings. The van der Waals surface area contributed by atoms with Crippen molar-refractivity contribution in [3.63, 3.8) is 0 Å². The molecular formula is C30H35N3O4S2.